The molecule has 0 saturated heterocycles. The van der Waals surface area contributed by atoms with Crippen LogP contribution in [0.25, 0.3) is 77.3 Å². The fourth-order valence-corrected chi connectivity index (χ4v) is 7.23. The molecule has 1 aromatic heterocycles. The van der Waals surface area contributed by atoms with Crippen LogP contribution in [0, 0.1) is 0 Å². The Morgan fingerprint density at radius 2 is 1.04 bits per heavy atom. The lowest BCUT2D eigenvalue weighted by molar-refractivity contribution is 0.661. The van der Waals surface area contributed by atoms with Gasteiger partial charge in [0.2, 0.25) is 0 Å². The van der Waals surface area contributed by atoms with Gasteiger partial charge in [0.05, 0.1) is 11.2 Å². The van der Waals surface area contributed by atoms with E-state index in [1.165, 1.54) is 49.5 Å². The summed E-state index contributed by atoms with van der Waals surface area (Å²) < 4.78 is 0. The van der Waals surface area contributed by atoms with Crippen molar-refractivity contribution in [1.29, 1.82) is 0 Å². The number of hydrogen-bond donors (Lipinski definition) is 0. The van der Waals surface area contributed by atoms with Crippen molar-refractivity contribution in [2.45, 2.75) is 19.3 Å². The molecule has 212 valence electrons. The van der Waals surface area contributed by atoms with E-state index in [9.17, 15) is 0 Å². The molecule has 0 radical (unpaired) electrons. The maximum atomic E-state index is 5.22. The number of aromatic nitrogens is 2. The smallest absolute Gasteiger partial charge is 0.160 e. The molecule has 0 amide bonds. The number of rotatable bonds is 3. The van der Waals surface area contributed by atoms with Gasteiger partial charge < -0.3 is 0 Å². The average molecular weight is 575 g/mol. The van der Waals surface area contributed by atoms with Gasteiger partial charge in [-0.25, -0.2) is 9.97 Å². The van der Waals surface area contributed by atoms with E-state index < -0.39 is 0 Å². The SMILES string of the molecule is CC1(C)c2cc(-c3ccc4ccc5c(-c6ccccc6)nc(-c6ccccc6)nc5c4c3)ccc2-c2cc3ccccc3cc21. The van der Waals surface area contributed by atoms with Crippen LogP contribution in [0.1, 0.15) is 25.0 Å². The molecule has 1 heterocycles. The van der Waals surface area contributed by atoms with Crippen molar-refractivity contribution >= 4 is 32.4 Å². The van der Waals surface area contributed by atoms with Gasteiger partial charge in [0.25, 0.3) is 0 Å². The van der Waals surface area contributed by atoms with Crippen molar-refractivity contribution in [3.8, 4) is 44.9 Å². The molecule has 0 unspecified atom stereocenters. The molecule has 9 rings (SSSR count). The van der Waals surface area contributed by atoms with Gasteiger partial charge in [-0.05, 0) is 79.9 Å². The van der Waals surface area contributed by atoms with Crippen molar-refractivity contribution in [1.82, 2.24) is 9.97 Å². The number of nitrogens with zero attached hydrogens (tertiary/aromatic N) is 2. The Morgan fingerprint density at radius 1 is 0.422 bits per heavy atom. The molecule has 8 aromatic rings. The molecule has 0 fully saturated rings. The fraction of sp³-hybridized carbons (Fsp3) is 0.0698. The molecule has 0 aliphatic heterocycles. The summed E-state index contributed by atoms with van der Waals surface area (Å²) in [5, 5.41) is 5.95. The maximum Gasteiger partial charge on any atom is 0.160 e. The highest BCUT2D eigenvalue weighted by atomic mass is 14.9. The van der Waals surface area contributed by atoms with Crippen LogP contribution < -0.4 is 0 Å². The second kappa shape index (κ2) is 9.70. The number of hydrogen-bond acceptors (Lipinski definition) is 2. The molecule has 0 atom stereocenters. The quantitative estimate of drug-likeness (QED) is 0.196. The van der Waals surface area contributed by atoms with Crippen LogP contribution in [-0.4, -0.2) is 9.97 Å². The minimum absolute atomic E-state index is 0.0867. The summed E-state index contributed by atoms with van der Waals surface area (Å²) in [4.78, 5) is 10.3. The van der Waals surface area contributed by atoms with Crippen LogP contribution in [0.2, 0.25) is 0 Å². The molecule has 0 bridgehead atoms. The minimum Gasteiger partial charge on any atom is -0.227 e. The molecule has 7 aromatic carbocycles. The first-order valence-corrected chi connectivity index (χ1v) is 15.6. The topological polar surface area (TPSA) is 25.8 Å². The largest absolute Gasteiger partial charge is 0.227 e. The molecule has 2 nitrogen and oxygen atoms in total. The Morgan fingerprint density at radius 3 is 1.82 bits per heavy atom. The van der Waals surface area contributed by atoms with Crippen molar-refractivity contribution in [3.63, 3.8) is 0 Å². The van der Waals surface area contributed by atoms with Gasteiger partial charge in [-0.1, -0.05) is 129 Å². The highest BCUT2D eigenvalue weighted by molar-refractivity contribution is 6.11. The Bertz CT molecular complexity index is 2440. The van der Waals surface area contributed by atoms with Crippen LogP contribution in [0.4, 0.5) is 0 Å². The third-order valence-electron chi connectivity index (χ3n) is 9.64. The summed E-state index contributed by atoms with van der Waals surface area (Å²) in [5.41, 5.74) is 11.8. The Hall–Kier alpha value is -5.60. The van der Waals surface area contributed by atoms with E-state index in [0.29, 0.717) is 0 Å². The normalized spacial score (nSPS) is 13.3. The zero-order valence-electron chi connectivity index (χ0n) is 25.3. The highest BCUT2D eigenvalue weighted by Crippen LogP contribution is 2.51. The van der Waals surface area contributed by atoms with Crippen molar-refractivity contribution < 1.29 is 0 Å². The van der Waals surface area contributed by atoms with Crippen LogP contribution in [0.15, 0.2) is 146 Å². The lowest BCUT2D eigenvalue weighted by atomic mass is 9.81. The second-order valence-electron chi connectivity index (χ2n) is 12.7. The fourth-order valence-electron chi connectivity index (χ4n) is 7.23. The minimum atomic E-state index is -0.0867. The zero-order valence-corrected chi connectivity index (χ0v) is 25.3. The Balaban J connectivity index is 1.24. The molecule has 0 spiro atoms. The first kappa shape index (κ1) is 25.9. The first-order valence-electron chi connectivity index (χ1n) is 15.6. The van der Waals surface area contributed by atoms with E-state index in [-0.39, 0.29) is 5.41 Å². The molecule has 1 aliphatic carbocycles. The Labute approximate surface area is 262 Å². The second-order valence-corrected chi connectivity index (χ2v) is 12.7. The van der Waals surface area contributed by atoms with Gasteiger partial charge in [0, 0.05) is 27.3 Å². The summed E-state index contributed by atoms with van der Waals surface area (Å²) in [6, 6.07) is 52.4. The zero-order chi connectivity index (χ0) is 30.1. The van der Waals surface area contributed by atoms with E-state index in [2.05, 4.69) is 135 Å². The van der Waals surface area contributed by atoms with Crippen LogP contribution in [0.3, 0.4) is 0 Å². The molecule has 45 heavy (non-hydrogen) atoms. The van der Waals surface area contributed by atoms with Gasteiger partial charge in [-0.15, -0.1) is 0 Å². The van der Waals surface area contributed by atoms with Crippen molar-refractivity contribution in [2.24, 2.45) is 0 Å². The summed E-state index contributed by atoms with van der Waals surface area (Å²) in [5.74, 6) is 0.740. The van der Waals surface area contributed by atoms with Gasteiger partial charge in [0.1, 0.15) is 0 Å². The van der Waals surface area contributed by atoms with E-state index in [0.717, 1.165) is 38.9 Å². The third kappa shape index (κ3) is 4.03. The molecule has 0 saturated carbocycles. The van der Waals surface area contributed by atoms with Gasteiger partial charge in [-0.2, -0.15) is 0 Å². The van der Waals surface area contributed by atoms with Gasteiger partial charge in [-0.3, -0.25) is 0 Å². The average Bonchev–Trinajstić information content (AvgIpc) is 3.32. The van der Waals surface area contributed by atoms with Crippen molar-refractivity contribution in [3.05, 3.63) is 157 Å². The lowest BCUT2D eigenvalue weighted by Crippen LogP contribution is -2.15. The standard InChI is InChI=1S/C43H30N2/c1-43(2)38-26-33(20-21-34(38)37-24-30-15-9-10-16-31(30)25-39(37)43)32-18-17-27-19-22-35-40(28-11-5-3-6-12-28)44-42(29-13-7-4-8-14-29)45-41(35)36(27)23-32/h3-26H,1-2H3. The predicted molar refractivity (Wildman–Crippen MR) is 188 cm³/mol. The monoisotopic (exact) mass is 574 g/mol. The van der Waals surface area contributed by atoms with Gasteiger partial charge in [0.15, 0.2) is 5.82 Å². The summed E-state index contributed by atoms with van der Waals surface area (Å²) in [6.07, 6.45) is 0. The van der Waals surface area contributed by atoms with Crippen LogP contribution >= 0.6 is 0 Å². The Kier molecular flexibility index (Phi) is 5.58. The summed E-state index contributed by atoms with van der Waals surface area (Å²) >= 11 is 0. The summed E-state index contributed by atoms with van der Waals surface area (Å²) in [7, 11) is 0. The van der Waals surface area contributed by atoms with E-state index in [1.807, 2.05) is 24.3 Å². The molecule has 2 heteroatoms. The predicted octanol–water partition coefficient (Wildman–Crippen LogP) is 11.2. The maximum absolute atomic E-state index is 5.22. The van der Waals surface area contributed by atoms with E-state index in [4.69, 9.17) is 9.97 Å². The lowest BCUT2D eigenvalue weighted by Gasteiger charge is -2.22. The molecular formula is C43H30N2. The highest BCUT2D eigenvalue weighted by Gasteiger charge is 2.36. The third-order valence-corrected chi connectivity index (χ3v) is 9.64. The molecule has 0 N–H and O–H groups in total. The van der Waals surface area contributed by atoms with E-state index in [1.54, 1.807) is 0 Å². The number of fused-ring (bicyclic) bond motifs is 7. The molecule has 1 aliphatic rings. The van der Waals surface area contributed by atoms with Crippen LogP contribution in [-0.2, 0) is 5.41 Å². The van der Waals surface area contributed by atoms with Crippen molar-refractivity contribution in [2.75, 3.05) is 0 Å². The van der Waals surface area contributed by atoms with Crippen LogP contribution in [0.5, 0.6) is 0 Å². The van der Waals surface area contributed by atoms with Gasteiger partial charge >= 0.3 is 0 Å². The summed E-state index contributed by atoms with van der Waals surface area (Å²) in [6.45, 7) is 4.72. The molecular weight excluding hydrogens is 544 g/mol. The number of benzene rings is 7. The van der Waals surface area contributed by atoms with E-state index >= 15 is 0 Å². The first-order chi connectivity index (χ1) is 22.0.